The molecule has 0 saturated heterocycles. The zero-order chi connectivity index (χ0) is 15.6. The molecule has 2 rings (SSSR count). The van der Waals surface area contributed by atoms with E-state index in [1.54, 1.807) is 7.05 Å². The number of hydrogen-bond acceptors (Lipinski definition) is 1. The summed E-state index contributed by atoms with van der Waals surface area (Å²) in [6.07, 6.45) is 0.717. The monoisotopic (exact) mass is 295 g/mol. The number of guanidine groups is 1. The first-order valence-electron chi connectivity index (χ1n) is 7.37. The molecule has 1 fully saturated rings. The molecule has 0 aliphatic heterocycles. The summed E-state index contributed by atoms with van der Waals surface area (Å²) >= 11 is 0. The highest BCUT2D eigenvalue weighted by molar-refractivity contribution is 5.80. The number of hydrogen-bond donors (Lipinski definition) is 2. The van der Waals surface area contributed by atoms with Crippen LogP contribution in [-0.2, 0) is 0 Å². The van der Waals surface area contributed by atoms with E-state index >= 15 is 0 Å². The van der Waals surface area contributed by atoms with Crippen LogP contribution >= 0.6 is 0 Å². The summed E-state index contributed by atoms with van der Waals surface area (Å²) in [5.41, 5.74) is 0.183. The van der Waals surface area contributed by atoms with E-state index in [9.17, 15) is 8.78 Å². The van der Waals surface area contributed by atoms with Crippen LogP contribution in [0.3, 0.4) is 0 Å². The standard InChI is InChI=1S/C16H23F2N3/c1-9(2)10(3)20-16(19-4)21-14-8-11(14)15-12(17)6-5-7-13(15)18/h5-7,9-11,14H,8H2,1-4H3,(H2,19,20,21). The van der Waals surface area contributed by atoms with Gasteiger partial charge in [-0.05, 0) is 31.4 Å². The molecule has 1 aromatic carbocycles. The van der Waals surface area contributed by atoms with Crippen molar-refractivity contribution < 1.29 is 8.78 Å². The molecule has 0 bridgehead atoms. The van der Waals surface area contributed by atoms with Gasteiger partial charge in [0.25, 0.3) is 0 Å². The van der Waals surface area contributed by atoms with Crippen LogP contribution in [0.5, 0.6) is 0 Å². The van der Waals surface area contributed by atoms with Crippen LogP contribution in [-0.4, -0.2) is 25.1 Å². The normalized spacial score (nSPS) is 23.1. The quantitative estimate of drug-likeness (QED) is 0.662. The molecule has 1 saturated carbocycles. The minimum atomic E-state index is -0.470. The van der Waals surface area contributed by atoms with Gasteiger partial charge in [-0.15, -0.1) is 0 Å². The lowest BCUT2D eigenvalue weighted by molar-refractivity contribution is 0.480. The van der Waals surface area contributed by atoms with E-state index in [0.717, 1.165) is 0 Å². The van der Waals surface area contributed by atoms with Crippen molar-refractivity contribution in [2.45, 2.75) is 45.2 Å². The van der Waals surface area contributed by atoms with Crippen LogP contribution in [0.1, 0.15) is 38.7 Å². The maximum atomic E-state index is 13.7. The molecule has 1 aliphatic carbocycles. The molecule has 1 aliphatic rings. The van der Waals surface area contributed by atoms with Crippen LogP contribution in [0.15, 0.2) is 23.2 Å². The van der Waals surface area contributed by atoms with Crippen LogP contribution in [0.25, 0.3) is 0 Å². The minimum Gasteiger partial charge on any atom is -0.354 e. The van der Waals surface area contributed by atoms with Crippen molar-refractivity contribution in [3.05, 3.63) is 35.4 Å². The molecular formula is C16H23F2N3. The van der Waals surface area contributed by atoms with Gasteiger partial charge in [-0.1, -0.05) is 19.9 Å². The van der Waals surface area contributed by atoms with Crippen molar-refractivity contribution in [2.75, 3.05) is 7.05 Å². The molecule has 0 aromatic heterocycles. The third-order valence-electron chi connectivity index (χ3n) is 4.07. The predicted octanol–water partition coefficient (Wildman–Crippen LogP) is 3.03. The van der Waals surface area contributed by atoms with Crippen molar-refractivity contribution in [1.29, 1.82) is 0 Å². The van der Waals surface area contributed by atoms with E-state index in [-0.39, 0.29) is 23.6 Å². The Morgan fingerprint density at radius 3 is 2.38 bits per heavy atom. The fourth-order valence-electron chi connectivity index (χ4n) is 2.27. The Hall–Kier alpha value is -1.65. The third kappa shape index (κ3) is 3.71. The molecule has 3 nitrogen and oxygen atoms in total. The average molecular weight is 295 g/mol. The van der Waals surface area contributed by atoms with Crippen molar-refractivity contribution in [3.8, 4) is 0 Å². The first kappa shape index (κ1) is 15.7. The second kappa shape index (κ2) is 6.41. The Balaban J connectivity index is 1.97. The van der Waals surface area contributed by atoms with Crippen molar-refractivity contribution >= 4 is 5.96 Å². The van der Waals surface area contributed by atoms with Crippen LogP contribution in [0.2, 0.25) is 0 Å². The largest absolute Gasteiger partial charge is 0.354 e. The van der Waals surface area contributed by atoms with Gasteiger partial charge in [0.05, 0.1) is 0 Å². The summed E-state index contributed by atoms with van der Waals surface area (Å²) in [6, 6.07) is 4.31. The summed E-state index contributed by atoms with van der Waals surface area (Å²) in [6.45, 7) is 6.33. The number of nitrogens with zero attached hydrogens (tertiary/aromatic N) is 1. The van der Waals surface area contributed by atoms with Gasteiger partial charge in [-0.2, -0.15) is 0 Å². The molecular weight excluding hydrogens is 272 g/mol. The van der Waals surface area contributed by atoms with Crippen LogP contribution < -0.4 is 10.6 Å². The van der Waals surface area contributed by atoms with E-state index in [1.165, 1.54) is 18.2 Å². The summed E-state index contributed by atoms with van der Waals surface area (Å²) in [5.74, 6) is 0.0905. The second-order valence-electron chi connectivity index (χ2n) is 5.98. The van der Waals surface area contributed by atoms with Gasteiger partial charge in [0.2, 0.25) is 0 Å². The fourth-order valence-corrected chi connectivity index (χ4v) is 2.27. The first-order chi connectivity index (χ1) is 9.93. The first-order valence-corrected chi connectivity index (χ1v) is 7.37. The van der Waals surface area contributed by atoms with E-state index < -0.39 is 11.6 Å². The van der Waals surface area contributed by atoms with E-state index in [0.29, 0.717) is 18.3 Å². The lowest BCUT2D eigenvalue weighted by Gasteiger charge is -2.21. The lowest BCUT2D eigenvalue weighted by atomic mass is 10.1. The summed E-state index contributed by atoms with van der Waals surface area (Å²) < 4.78 is 27.5. The summed E-state index contributed by atoms with van der Waals surface area (Å²) in [5, 5.41) is 6.53. The highest BCUT2D eigenvalue weighted by Gasteiger charge is 2.42. The molecule has 5 heteroatoms. The van der Waals surface area contributed by atoms with Crippen LogP contribution in [0, 0.1) is 17.6 Å². The molecule has 3 atom stereocenters. The number of halogens is 2. The average Bonchev–Trinajstić information content (AvgIpc) is 3.16. The molecule has 0 radical (unpaired) electrons. The Kier molecular flexibility index (Phi) is 4.80. The van der Waals surface area contributed by atoms with Gasteiger partial charge in [-0.3, -0.25) is 4.99 Å². The molecule has 0 amide bonds. The lowest BCUT2D eigenvalue weighted by Crippen LogP contribution is -2.45. The predicted molar refractivity (Wildman–Crippen MR) is 81.4 cm³/mol. The molecule has 116 valence electrons. The topological polar surface area (TPSA) is 36.4 Å². The smallest absolute Gasteiger partial charge is 0.191 e. The van der Waals surface area contributed by atoms with Gasteiger partial charge < -0.3 is 10.6 Å². The van der Waals surface area contributed by atoms with E-state index in [1.807, 2.05) is 0 Å². The van der Waals surface area contributed by atoms with Gasteiger partial charge in [0, 0.05) is 30.6 Å². The highest BCUT2D eigenvalue weighted by Crippen LogP contribution is 2.43. The Morgan fingerprint density at radius 2 is 1.86 bits per heavy atom. The van der Waals surface area contributed by atoms with Crippen LogP contribution in [0.4, 0.5) is 8.78 Å². The third-order valence-corrected chi connectivity index (χ3v) is 4.07. The maximum Gasteiger partial charge on any atom is 0.191 e. The zero-order valence-corrected chi connectivity index (χ0v) is 13.0. The Bertz CT molecular complexity index is 508. The van der Waals surface area contributed by atoms with Gasteiger partial charge >= 0.3 is 0 Å². The number of nitrogens with one attached hydrogen (secondary N) is 2. The van der Waals surface area contributed by atoms with Gasteiger partial charge in [-0.25, -0.2) is 8.78 Å². The molecule has 3 unspecified atom stereocenters. The van der Waals surface area contributed by atoms with E-state index in [4.69, 9.17) is 0 Å². The zero-order valence-electron chi connectivity index (χ0n) is 13.0. The molecule has 2 N–H and O–H groups in total. The summed E-state index contributed by atoms with van der Waals surface area (Å²) in [4.78, 5) is 4.17. The SMILES string of the molecule is CN=C(NC(C)C(C)C)NC1CC1c1c(F)cccc1F. The Morgan fingerprint density at radius 1 is 1.24 bits per heavy atom. The van der Waals surface area contributed by atoms with Crippen molar-refractivity contribution in [3.63, 3.8) is 0 Å². The van der Waals surface area contributed by atoms with Crippen molar-refractivity contribution in [2.24, 2.45) is 10.9 Å². The fraction of sp³-hybridized carbons (Fsp3) is 0.562. The molecule has 0 spiro atoms. The number of rotatable bonds is 4. The Labute approximate surface area is 124 Å². The van der Waals surface area contributed by atoms with E-state index in [2.05, 4.69) is 36.4 Å². The molecule has 21 heavy (non-hydrogen) atoms. The number of benzene rings is 1. The van der Waals surface area contributed by atoms with Gasteiger partial charge in [0.15, 0.2) is 5.96 Å². The minimum absolute atomic E-state index is 0.0296. The second-order valence-corrected chi connectivity index (χ2v) is 5.98. The highest BCUT2D eigenvalue weighted by atomic mass is 19.1. The molecule has 0 heterocycles. The maximum absolute atomic E-state index is 13.7. The van der Waals surface area contributed by atoms with Crippen molar-refractivity contribution in [1.82, 2.24) is 10.6 Å². The molecule has 1 aromatic rings. The number of aliphatic imine (C=N–C) groups is 1. The van der Waals surface area contributed by atoms with Gasteiger partial charge in [0.1, 0.15) is 11.6 Å². The summed E-state index contributed by atoms with van der Waals surface area (Å²) in [7, 11) is 1.70.